The molecule has 4 aliphatic rings. The van der Waals surface area contributed by atoms with Crippen molar-refractivity contribution in [1.29, 1.82) is 0 Å². The fourth-order valence-corrected chi connectivity index (χ4v) is 9.20. The van der Waals surface area contributed by atoms with Crippen molar-refractivity contribution in [3.8, 4) is 34.4 Å². The monoisotopic (exact) mass is 846 g/mol. The lowest BCUT2D eigenvalue weighted by Crippen LogP contribution is -2.53. The predicted octanol–water partition coefficient (Wildman–Crippen LogP) is 5.50. The number of ether oxygens (including phenoxy) is 4. The van der Waals surface area contributed by atoms with Gasteiger partial charge in [0.05, 0.1) is 50.1 Å². The first-order valence-electron chi connectivity index (χ1n) is 21.6. The lowest BCUT2D eigenvalue weighted by Gasteiger charge is -2.34. The van der Waals surface area contributed by atoms with Gasteiger partial charge < -0.3 is 49.3 Å². The van der Waals surface area contributed by atoms with Crippen LogP contribution in [0.2, 0.25) is 0 Å². The number of methoxy groups -OCH3 is 2. The number of aromatic nitrogens is 4. The van der Waals surface area contributed by atoms with E-state index in [0.717, 1.165) is 59.3 Å². The van der Waals surface area contributed by atoms with Crippen molar-refractivity contribution in [3.63, 3.8) is 0 Å². The Balaban J connectivity index is 0.940. The summed E-state index contributed by atoms with van der Waals surface area (Å²) in [6.45, 7) is 3.35. The molecule has 62 heavy (non-hydrogen) atoms. The first-order chi connectivity index (χ1) is 30.3. The summed E-state index contributed by atoms with van der Waals surface area (Å²) >= 11 is 0. The van der Waals surface area contributed by atoms with Gasteiger partial charge in [0.25, 0.3) is 0 Å². The van der Waals surface area contributed by atoms with Crippen molar-refractivity contribution in [2.75, 3.05) is 53.7 Å². The van der Waals surface area contributed by atoms with Crippen LogP contribution in [-0.2, 0) is 28.5 Å². The number of aromatic amines is 2. The Bertz CT molecular complexity index is 2130. The van der Waals surface area contributed by atoms with Crippen molar-refractivity contribution in [2.24, 2.45) is 11.8 Å². The SMILES string of the molecule is COC(=O)N[C@H](C(=O)N1CCC[C@H]1c1ncc(-c2cccc(C#Cc3cccc(-c4cnc([C@@H]5CCCN5C(=O)[C@@H](NC(=O)OC)C5CCOCC5)[nH]4)c3)c2)[nH]1)C1CCOCC1. The van der Waals surface area contributed by atoms with E-state index >= 15 is 0 Å². The molecule has 4 aromatic rings. The molecule has 2 aromatic carbocycles. The molecule has 0 radical (unpaired) electrons. The van der Waals surface area contributed by atoms with Gasteiger partial charge in [0.15, 0.2) is 0 Å². The van der Waals surface area contributed by atoms with E-state index in [0.29, 0.717) is 76.8 Å². The van der Waals surface area contributed by atoms with E-state index in [9.17, 15) is 19.2 Å². The Morgan fingerprint density at radius 3 is 1.48 bits per heavy atom. The Labute approximate surface area is 360 Å². The van der Waals surface area contributed by atoms with Crippen LogP contribution in [0.5, 0.6) is 0 Å². The second kappa shape index (κ2) is 19.7. The number of carbonyl (C=O) groups is 4. The third kappa shape index (κ3) is 9.64. The zero-order valence-corrected chi connectivity index (χ0v) is 35.2. The van der Waals surface area contributed by atoms with Gasteiger partial charge in [0, 0.05) is 61.8 Å². The Hall–Kier alpha value is -6.18. The molecule has 4 fully saturated rings. The molecule has 2 aromatic heterocycles. The van der Waals surface area contributed by atoms with E-state index in [-0.39, 0.29) is 35.7 Å². The van der Waals surface area contributed by atoms with Crippen molar-refractivity contribution < 1.29 is 38.1 Å². The van der Waals surface area contributed by atoms with Crippen LogP contribution in [0, 0.1) is 23.7 Å². The number of imidazole rings is 2. The van der Waals surface area contributed by atoms with Crippen LogP contribution >= 0.6 is 0 Å². The van der Waals surface area contributed by atoms with E-state index in [4.69, 9.17) is 28.9 Å². The lowest BCUT2D eigenvalue weighted by molar-refractivity contribution is -0.137. The fraction of sp³-hybridized carbons (Fsp3) is 0.478. The maximum absolute atomic E-state index is 14.0. The van der Waals surface area contributed by atoms with Gasteiger partial charge in [-0.05, 0) is 87.5 Å². The molecule has 4 N–H and O–H groups in total. The molecule has 8 rings (SSSR count). The maximum atomic E-state index is 14.0. The van der Waals surface area contributed by atoms with Gasteiger partial charge in [-0.15, -0.1) is 0 Å². The highest BCUT2D eigenvalue weighted by atomic mass is 16.5. The van der Waals surface area contributed by atoms with Gasteiger partial charge in [-0.2, -0.15) is 0 Å². The number of rotatable bonds is 10. The van der Waals surface area contributed by atoms with Crippen LogP contribution in [-0.4, -0.2) is 120 Å². The second-order valence-corrected chi connectivity index (χ2v) is 16.3. The average Bonchev–Trinajstić information content (AvgIpc) is 4.17. The van der Waals surface area contributed by atoms with Crippen LogP contribution < -0.4 is 10.6 Å². The van der Waals surface area contributed by atoms with Crippen LogP contribution in [0.15, 0.2) is 60.9 Å². The number of alkyl carbamates (subject to hydrolysis) is 2. The number of benzene rings is 2. The summed E-state index contributed by atoms with van der Waals surface area (Å²) in [6, 6.07) is 14.0. The molecule has 16 heteroatoms. The van der Waals surface area contributed by atoms with E-state index in [1.807, 2.05) is 58.3 Å². The van der Waals surface area contributed by atoms with Gasteiger partial charge in [0.1, 0.15) is 23.7 Å². The zero-order valence-electron chi connectivity index (χ0n) is 35.2. The Morgan fingerprint density at radius 1 is 0.661 bits per heavy atom. The summed E-state index contributed by atoms with van der Waals surface area (Å²) in [5.41, 5.74) is 5.11. The third-order valence-corrected chi connectivity index (χ3v) is 12.5. The maximum Gasteiger partial charge on any atom is 0.407 e. The molecule has 4 saturated heterocycles. The minimum absolute atomic E-state index is 0.0409. The Kier molecular flexibility index (Phi) is 13.5. The number of hydrogen-bond donors (Lipinski definition) is 4. The zero-order chi connectivity index (χ0) is 43.0. The minimum Gasteiger partial charge on any atom is -0.453 e. The molecule has 4 atom stereocenters. The quantitative estimate of drug-likeness (QED) is 0.148. The molecule has 0 spiro atoms. The van der Waals surface area contributed by atoms with Crippen molar-refractivity contribution in [3.05, 3.63) is 83.7 Å². The average molecular weight is 847 g/mol. The first kappa shape index (κ1) is 42.5. The van der Waals surface area contributed by atoms with Gasteiger partial charge in [-0.3, -0.25) is 9.59 Å². The molecule has 0 unspecified atom stereocenters. The minimum atomic E-state index is -0.700. The Morgan fingerprint density at radius 2 is 1.08 bits per heavy atom. The summed E-state index contributed by atoms with van der Waals surface area (Å²) in [7, 11) is 2.60. The second-order valence-electron chi connectivity index (χ2n) is 16.3. The number of carbonyl (C=O) groups excluding carboxylic acids is 4. The van der Waals surface area contributed by atoms with Crippen LogP contribution in [0.1, 0.15) is 86.2 Å². The highest BCUT2D eigenvalue weighted by Crippen LogP contribution is 2.35. The topological polar surface area (TPSA) is 193 Å². The largest absolute Gasteiger partial charge is 0.453 e. The highest BCUT2D eigenvalue weighted by molar-refractivity contribution is 5.87. The fourth-order valence-electron chi connectivity index (χ4n) is 9.20. The number of nitrogens with one attached hydrogen (secondary N) is 4. The first-order valence-corrected chi connectivity index (χ1v) is 21.6. The predicted molar refractivity (Wildman–Crippen MR) is 227 cm³/mol. The van der Waals surface area contributed by atoms with Gasteiger partial charge in [0.2, 0.25) is 11.8 Å². The third-order valence-electron chi connectivity index (χ3n) is 12.5. The molecule has 326 valence electrons. The molecular weight excluding hydrogens is 793 g/mol. The van der Waals surface area contributed by atoms with E-state index in [1.54, 1.807) is 12.4 Å². The highest BCUT2D eigenvalue weighted by Gasteiger charge is 2.41. The number of nitrogens with zero attached hydrogens (tertiary/aromatic N) is 4. The van der Waals surface area contributed by atoms with Crippen LogP contribution in [0.4, 0.5) is 9.59 Å². The van der Waals surface area contributed by atoms with E-state index < -0.39 is 24.3 Å². The molecule has 0 bridgehead atoms. The lowest BCUT2D eigenvalue weighted by atomic mass is 9.90. The number of H-pyrrole nitrogens is 2. The smallest absolute Gasteiger partial charge is 0.407 e. The molecular formula is C46H54N8O8. The molecule has 16 nitrogen and oxygen atoms in total. The molecule has 6 heterocycles. The summed E-state index contributed by atoms with van der Waals surface area (Å²) in [6.07, 6.45) is 8.24. The molecule has 4 amide bonds. The summed E-state index contributed by atoms with van der Waals surface area (Å²) in [4.78, 5) is 72.6. The van der Waals surface area contributed by atoms with Crippen molar-refractivity contribution in [2.45, 2.75) is 75.5 Å². The summed E-state index contributed by atoms with van der Waals surface area (Å²) in [5.74, 6) is 7.69. The molecule has 4 aliphatic heterocycles. The summed E-state index contributed by atoms with van der Waals surface area (Å²) in [5, 5.41) is 5.62. The van der Waals surface area contributed by atoms with E-state index in [2.05, 4.69) is 32.4 Å². The normalized spacial score (nSPS) is 20.5. The molecule has 0 saturated carbocycles. The summed E-state index contributed by atoms with van der Waals surface area (Å²) < 4.78 is 20.8. The van der Waals surface area contributed by atoms with Gasteiger partial charge >= 0.3 is 12.2 Å². The number of likely N-dealkylation sites (tertiary alicyclic amines) is 2. The van der Waals surface area contributed by atoms with Gasteiger partial charge in [-0.25, -0.2) is 19.6 Å². The number of hydrogen-bond acceptors (Lipinski definition) is 10. The molecule has 0 aliphatic carbocycles. The number of amides is 4. The van der Waals surface area contributed by atoms with Crippen LogP contribution in [0.25, 0.3) is 22.5 Å². The van der Waals surface area contributed by atoms with Gasteiger partial charge in [-0.1, -0.05) is 36.1 Å². The standard InChI is InChI=1S/C46H54N8O8/c1-59-45(57)51-39(31-15-21-61-22-16-31)43(55)53-19-5-11-37(53)41-47-27-35(49-41)33-9-3-7-29(25-33)13-14-30-8-4-10-34(26-30)36-28-48-42(50-36)38-12-6-20-54(38)44(56)40(52-46(58)60-2)32-17-23-62-24-18-32/h3-4,7-10,25-28,31-32,37-40H,5-6,11-12,15-24H2,1-2H3,(H,47,49)(H,48,50)(H,51,57)(H,52,58)/t37-,38-,39-,40-/m0/s1. The van der Waals surface area contributed by atoms with Crippen LogP contribution in [0.3, 0.4) is 0 Å². The van der Waals surface area contributed by atoms with Crippen molar-refractivity contribution >= 4 is 24.0 Å². The van der Waals surface area contributed by atoms with Crippen molar-refractivity contribution in [1.82, 2.24) is 40.4 Å². The van der Waals surface area contributed by atoms with E-state index in [1.165, 1.54) is 14.2 Å².